The first kappa shape index (κ1) is 25.3. The van der Waals surface area contributed by atoms with Crippen LogP contribution in [0.15, 0.2) is 46.3 Å². The SMILES string of the molecule is CN1CCN(C2=NC(=O)C(=Cc3ccc4c(c3)c(C#N)nn4Cc3ccc(Cl)cc3C(F)(F)F)S2)CC1. The van der Waals surface area contributed by atoms with E-state index in [-0.39, 0.29) is 28.7 Å². The maximum Gasteiger partial charge on any atom is 0.416 e. The molecule has 1 saturated heterocycles. The van der Waals surface area contributed by atoms with E-state index in [0.29, 0.717) is 26.5 Å². The molecule has 0 aliphatic carbocycles. The van der Waals surface area contributed by atoms with Gasteiger partial charge in [-0.05, 0) is 60.3 Å². The lowest BCUT2D eigenvalue weighted by molar-refractivity contribution is -0.138. The molecule has 0 N–H and O–H groups in total. The second-order valence-corrected chi connectivity index (χ2v) is 10.2. The number of alkyl halides is 3. The minimum atomic E-state index is -4.59. The molecule has 2 aliphatic heterocycles. The molecule has 2 aliphatic rings. The molecule has 1 amide bonds. The van der Waals surface area contributed by atoms with Crippen LogP contribution in [0.1, 0.15) is 22.4 Å². The zero-order valence-electron chi connectivity index (χ0n) is 19.6. The topological polar surface area (TPSA) is 77.5 Å². The molecule has 7 nitrogen and oxygen atoms in total. The Morgan fingerprint density at radius 2 is 1.92 bits per heavy atom. The number of amides is 1. The standard InChI is InChI=1S/C25H20ClF3N6OS/c1-33-6-8-34(9-7-33)24-31-23(36)22(37-24)11-15-2-5-21-18(10-15)20(13-30)32-35(21)14-16-3-4-17(26)12-19(16)25(27,28)29/h2-5,10-12H,6-9,14H2,1H3. The number of amidine groups is 1. The van der Waals surface area contributed by atoms with Gasteiger partial charge in [0, 0.05) is 36.6 Å². The molecule has 12 heteroatoms. The van der Waals surface area contributed by atoms with Crippen molar-refractivity contribution in [2.75, 3.05) is 33.2 Å². The van der Waals surface area contributed by atoms with Gasteiger partial charge in [-0.2, -0.15) is 28.5 Å². The molecule has 0 bridgehead atoms. The van der Waals surface area contributed by atoms with Gasteiger partial charge >= 0.3 is 6.18 Å². The van der Waals surface area contributed by atoms with Crippen LogP contribution in [0.4, 0.5) is 13.2 Å². The molecule has 1 fully saturated rings. The minimum Gasteiger partial charge on any atom is -0.348 e. The van der Waals surface area contributed by atoms with Crippen molar-refractivity contribution in [3.8, 4) is 6.07 Å². The monoisotopic (exact) mass is 544 g/mol. The lowest BCUT2D eigenvalue weighted by Crippen LogP contribution is -2.46. The number of carbonyl (C=O) groups is 1. The molecule has 1 aromatic heterocycles. The number of carbonyl (C=O) groups excluding carboxylic acids is 1. The molecule has 0 atom stereocenters. The third-order valence-electron chi connectivity index (χ3n) is 6.26. The number of rotatable bonds is 3. The van der Waals surface area contributed by atoms with Gasteiger partial charge in [0.1, 0.15) is 6.07 Å². The van der Waals surface area contributed by atoms with E-state index in [1.165, 1.54) is 28.6 Å². The van der Waals surface area contributed by atoms with E-state index in [1.54, 1.807) is 24.3 Å². The summed E-state index contributed by atoms with van der Waals surface area (Å²) in [5.74, 6) is -0.322. The Morgan fingerprint density at radius 3 is 2.62 bits per heavy atom. The average molecular weight is 545 g/mol. The van der Waals surface area contributed by atoms with Crippen molar-refractivity contribution in [1.82, 2.24) is 19.6 Å². The van der Waals surface area contributed by atoms with E-state index < -0.39 is 11.7 Å². The predicted molar refractivity (Wildman–Crippen MR) is 137 cm³/mol. The lowest BCUT2D eigenvalue weighted by atomic mass is 10.1. The summed E-state index contributed by atoms with van der Waals surface area (Å²) in [4.78, 5) is 21.5. The van der Waals surface area contributed by atoms with Crippen LogP contribution in [-0.4, -0.2) is 63.9 Å². The molecular weight excluding hydrogens is 525 g/mol. The Bertz CT molecular complexity index is 1500. The number of benzene rings is 2. The van der Waals surface area contributed by atoms with Gasteiger partial charge in [0.25, 0.3) is 5.91 Å². The third-order valence-corrected chi connectivity index (χ3v) is 7.54. The van der Waals surface area contributed by atoms with Crippen molar-refractivity contribution in [2.45, 2.75) is 12.7 Å². The molecular formula is C25H20ClF3N6OS. The van der Waals surface area contributed by atoms with Crippen molar-refractivity contribution in [2.24, 2.45) is 4.99 Å². The highest BCUT2D eigenvalue weighted by molar-refractivity contribution is 8.18. The van der Waals surface area contributed by atoms with Crippen LogP contribution in [0, 0.1) is 11.3 Å². The largest absolute Gasteiger partial charge is 0.416 e. The summed E-state index contributed by atoms with van der Waals surface area (Å²) in [5, 5.41) is 15.0. The van der Waals surface area contributed by atoms with Crippen LogP contribution in [0.5, 0.6) is 0 Å². The van der Waals surface area contributed by atoms with Gasteiger partial charge in [-0.3, -0.25) is 9.48 Å². The highest BCUT2D eigenvalue weighted by Gasteiger charge is 2.34. The van der Waals surface area contributed by atoms with Crippen molar-refractivity contribution < 1.29 is 18.0 Å². The van der Waals surface area contributed by atoms with E-state index in [0.717, 1.165) is 32.2 Å². The Kier molecular flexibility index (Phi) is 6.74. The van der Waals surface area contributed by atoms with Crippen LogP contribution in [0.2, 0.25) is 5.02 Å². The second-order valence-electron chi connectivity index (χ2n) is 8.79. The van der Waals surface area contributed by atoms with E-state index in [1.807, 2.05) is 6.07 Å². The number of halogens is 4. The molecule has 2 aromatic carbocycles. The summed E-state index contributed by atoms with van der Waals surface area (Å²) in [7, 11) is 2.05. The fourth-order valence-electron chi connectivity index (χ4n) is 4.28. The van der Waals surface area contributed by atoms with Gasteiger partial charge < -0.3 is 9.80 Å². The molecule has 3 aromatic rings. The first-order valence-corrected chi connectivity index (χ1v) is 12.5. The summed E-state index contributed by atoms with van der Waals surface area (Å²) in [6.45, 7) is 3.18. The fourth-order valence-corrected chi connectivity index (χ4v) is 5.42. The van der Waals surface area contributed by atoms with Gasteiger partial charge in [0.2, 0.25) is 0 Å². The van der Waals surface area contributed by atoms with Crippen molar-refractivity contribution in [1.29, 1.82) is 5.26 Å². The normalized spacial score (nSPS) is 18.1. The smallest absolute Gasteiger partial charge is 0.348 e. The summed E-state index contributed by atoms with van der Waals surface area (Å²) in [6, 6.07) is 10.7. The zero-order valence-corrected chi connectivity index (χ0v) is 21.2. The van der Waals surface area contributed by atoms with Gasteiger partial charge in [-0.25, -0.2) is 0 Å². The fraction of sp³-hybridized carbons (Fsp3) is 0.280. The number of fused-ring (bicyclic) bond motifs is 1. The summed E-state index contributed by atoms with van der Waals surface area (Å²) in [6.07, 6.45) is -2.88. The maximum absolute atomic E-state index is 13.6. The Hall–Kier alpha value is -3.33. The number of aliphatic imine (C=N–C) groups is 1. The average Bonchev–Trinajstić information content (AvgIpc) is 3.39. The highest BCUT2D eigenvalue weighted by Crippen LogP contribution is 2.35. The number of nitrogens with zero attached hydrogens (tertiary/aromatic N) is 6. The number of hydrogen-bond donors (Lipinski definition) is 0. The summed E-state index contributed by atoms with van der Waals surface area (Å²) in [5.41, 5.74) is 0.380. The van der Waals surface area contributed by atoms with Crippen LogP contribution in [0.3, 0.4) is 0 Å². The zero-order chi connectivity index (χ0) is 26.3. The third kappa shape index (κ3) is 5.23. The first-order chi connectivity index (χ1) is 17.6. The molecule has 5 rings (SSSR count). The molecule has 190 valence electrons. The van der Waals surface area contributed by atoms with Crippen LogP contribution in [0.25, 0.3) is 17.0 Å². The van der Waals surface area contributed by atoms with Crippen LogP contribution >= 0.6 is 23.4 Å². The number of hydrogen-bond acceptors (Lipinski definition) is 6. The molecule has 0 unspecified atom stereocenters. The second kappa shape index (κ2) is 9.85. The molecule has 3 heterocycles. The Labute approximate surface area is 219 Å². The van der Waals surface area contributed by atoms with Gasteiger partial charge in [-0.15, -0.1) is 0 Å². The predicted octanol–water partition coefficient (Wildman–Crippen LogP) is 4.85. The molecule has 0 spiro atoms. The number of aromatic nitrogens is 2. The number of thioether (sulfide) groups is 1. The van der Waals surface area contributed by atoms with Crippen molar-refractivity contribution in [3.05, 3.63) is 68.7 Å². The Morgan fingerprint density at radius 1 is 1.16 bits per heavy atom. The quantitative estimate of drug-likeness (QED) is 0.439. The van der Waals surface area contributed by atoms with E-state index in [2.05, 4.69) is 26.9 Å². The molecule has 0 saturated carbocycles. The van der Waals surface area contributed by atoms with E-state index in [4.69, 9.17) is 11.6 Å². The van der Waals surface area contributed by atoms with Crippen LogP contribution in [-0.2, 0) is 17.5 Å². The molecule has 0 radical (unpaired) electrons. The van der Waals surface area contributed by atoms with Crippen molar-refractivity contribution in [3.63, 3.8) is 0 Å². The summed E-state index contributed by atoms with van der Waals surface area (Å²) >= 11 is 7.11. The van der Waals surface area contributed by atoms with E-state index in [9.17, 15) is 23.2 Å². The summed E-state index contributed by atoms with van der Waals surface area (Å²) < 4.78 is 42.1. The number of nitriles is 1. The highest BCUT2D eigenvalue weighted by atomic mass is 35.5. The minimum absolute atomic E-state index is 0.0153. The van der Waals surface area contributed by atoms with Gasteiger partial charge in [0.15, 0.2) is 10.9 Å². The van der Waals surface area contributed by atoms with Crippen LogP contribution < -0.4 is 0 Å². The lowest BCUT2D eigenvalue weighted by Gasteiger charge is -2.32. The number of likely N-dealkylation sites (N-methyl/N-ethyl adjacent to an activating group) is 1. The Balaban J connectivity index is 1.43. The van der Waals surface area contributed by atoms with Gasteiger partial charge in [0.05, 0.1) is 22.5 Å². The van der Waals surface area contributed by atoms with Gasteiger partial charge in [-0.1, -0.05) is 23.7 Å². The maximum atomic E-state index is 13.6. The van der Waals surface area contributed by atoms with Crippen molar-refractivity contribution >= 4 is 51.4 Å². The van der Waals surface area contributed by atoms with E-state index >= 15 is 0 Å². The first-order valence-electron chi connectivity index (χ1n) is 11.3. The molecule has 37 heavy (non-hydrogen) atoms. The number of piperazine rings is 1.